The third-order valence-corrected chi connectivity index (χ3v) is 5.95. The van der Waals surface area contributed by atoms with E-state index in [4.69, 9.17) is 14.2 Å². The SMILES string of the molecule is COCC(COC)(COC1(C)CCCCCCC1)C1CCC1. The Kier molecular flexibility index (Phi) is 7.17. The van der Waals surface area contributed by atoms with Gasteiger partial charge in [0.2, 0.25) is 0 Å². The number of ether oxygens (including phenoxy) is 3. The monoisotopic (exact) mass is 312 g/mol. The molecule has 2 rings (SSSR count). The number of rotatable bonds is 8. The molecule has 2 aliphatic carbocycles. The predicted molar refractivity (Wildman–Crippen MR) is 90.2 cm³/mol. The normalized spacial score (nSPS) is 23.6. The van der Waals surface area contributed by atoms with E-state index in [1.165, 1.54) is 64.2 Å². The molecule has 0 unspecified atom stereocenters. The summed E-state index contributed by atoms with van der Waals surface area (Å²) in [5.74, 6) is 0.699. The highest BCUT2D eigenvalue weighted by Gasteiger charge is 2.44. The summed E-state index contributed by atoms with van der Waals surface area (Å²) >= 11 is 0. The van der Waals surface area contributed by atoms with Crippen LogP contribution in [0.3, 0.4) is 0 Å². The first kappa shape index (κ1) is 18.2. The molecule has 0 saturated heterocycles. The van der Waals surface area contributed by atoms with Gasteiger partial charge in [-0.05, 0) is 38.5 Å². The zero-order chi connectivity index (χ0) is 15.9. The molecule has 0 aromatic rings. The summed E-state index contributed by atoms with van der Waals surface area (Å²) in [6.45, 7) is 4.61. The van der Waals surface area contributed by atoms with Crippen molar-refractivity contribution in [2.45, 2.75) is 76.7 Å². The molecule has 0 heterocycles. The third-order valence-electron chi connectivity index (χ3n) is 5.95. The summed E-state index contributed by atoms with van der Waals surface area (Å²) in [5, 5.41) is 0. The van der Waals surface area contributed by atoms with Crippen molar-refractivity contribution in [1.29, 1.82) is 0 Å². The van der Waals surface area contributed by atoms with E-state index in [1.807, 2.05) is 0 Å². The van der Waals surface area contributed by atoms with E-state index in [2.05, 4.69) is 6.92 Å². The lowest BCUT2D eigenvalue weighted by Gasteiger charge is -2.46. The quantitative estimate of drug-likeness (QED) is 0.656. The molecular weight excluding hydrogens is 276 g/mol. The van der Waals surface area contributed by atoms with Gasteiger partial charge in [0.25, 0.3) is 0 Å². The van der Waals surface area contributed by atoms with Gasteiger partial charge in [0, 0.05) is 19.6 Å². The van der Waals surface area contributed by atoms with Crippen molar-refractivity contribution in [1.82, 2.24) is 0 Å². The van der Waals surface area contributed by atoms with Gasteiger partial charge in [-0.25, -0.2) is 0 Å². The van der Waals surface area contributed by atoms with Crippen molar-refractivity contribution in [3.63, 3.8) is 0 Å². The van der Waals surface area contributed by atoms with Gasteiger partial charge in [-0.2, -0.15) is 0 Å². The average Bonchev–Trinajstić information content (AvgIpc) is 2.40. The highest BCUT2D eigenvalue weighted by molar-refractivity contribution is 4.92. The van der Waals surface area contributed by atoms with E-state index < -0.39 is 0 Å². The number of hydrogen-bond donors (Lipinski definition) is 0. The fraction of sp³-hybridized carbons (Fsp3) is 1.00. The minimum absolute atomic E-state index is 0.0487. The van der Waals surface area contributed by atoms with Crippen LogP contribution in [0.4, 0.5) is 0 Å². The highest BCUT2D eigenvalue weighted by Crippen LogP contribution is 2.44. The van der Waals surface area contributed by atoms with Crippen molar-refractivity contribution >= 4 is 0 Å². The van der Waals surface area contributed by atoms with Gasteiger partial charge in [-0.15, -0.1) is 0 Å². The van der Waals surface area contributed by atoms with E-state index >= 15 is 0 Å². The summed E-state index contributed by atoms with van der Waals surface area (Å²) in [6, 6.07) is 0. The first-order valence-corrected chi connectivity index (χ1v) is 9.26. The Hall–Kier alpha value is -0.120. The van der Waals surface area contributed by atoms with Crippen LogP contribution in [-0.4, -0.2) is 39.6 Å². The van der Waals surface area contributed by atoms with Crippen LogP contribution in [0.25, 0.3) is 0 Å². The van der Waals surface area contributed by atoms with Crippen LogP contribution in [0.2, 0.25) is 0 Å². The summed E-state index contributed by atoms with van der Waals surface area (Å²) in [7, 11) is 3.61. The first-order valence-electron chi connectivity index (χ1n) is 9.26. The topological polar surface area (TPSA) is 27.7 Å². The van der Waals surface area contributed by atoms with Crippen LogP contribution in [-0.2, 0) is 14.2 Å². The lowest BCUT2D eigenvalue weighted by atomic mass is 9.66. The maximum absolute atomic E-state index is 6.57. The van der Waals surface area contributed by atoms with Crippen molar-refractivity contribution in [2.75, 3.05) is 34.0 Å². The summed E-state index contributed by atoms with van der Waals surface area (Å²) in [4.78, 5) is 0. The Morgan fingerprint density at radius 2 is 1.36 bits per heavy atom. The van der Waals surface area contributed by atoms with Crippen LogP contribution in [0.15, 0.2) is 0 Å². The smallest absolute Gasteiger partial charge is 0.0654 e. The Labute approximate surface area is 137 Å². The molecule has 0 bridgehead atoms. The van der Waals surface area contributed by atoms with E-state index in [-0.39, 0.29) is 11.0 Å². The minimum atomic E-state index is 0.0487. The van der Waals surface area contributed by atoms with Crippen molar-refractivity contribution in [2.24, 2.45) is 11.3 Å². The largest absolute Gasteiger partial charge is 0.384 e. The van der Waals surface area contributed by atoms with Gasteiger partial charge in [0.1, 0.15) is 0 Å². The molecule has 130 valence electrons. The maximum atomic E-state index is 6.57. The van der Waals surface area contributed by atoms with Gasteiger partial charge in [0.05, 0.1) is 25.4 Å². The Bertz CT molecular complexity index is 298. The van der Waals surface area contributed by atoms with Crippen molar-refractivity contribution in [3.05, 3.63) is 0 Å². The third kappa shape index (κ3) is 4.69. The van der Waals surface area contributed by atoms with Crippen molar-refractivity contribution in [3.8, 4) is 0 Å². The Balaban J connectivity index is 1.98. The molecule has 0 spiro atoms. The zero-order valence-electron chi connectivity index (χ0n) is 15.0. The number of hydrogen-bond acceptors (Lipinski definition) is 3. The second-order valence-corrected chi connectivity index (χ2v) is 7.86. The molecule has 0 atom stereocenters. The van der Waals surface area contributed by atoms with Crippen LogP contribution >= 0.6 is 0 Å². The molecule has 22 heavy (non-hydrogen) atoms. The van der Waals surface area contributed by atoms with Crippen LogP contribution in [0, 0.1) is 11.3 Å². The Morgan fingerprint density at radius 3 is 1.82 bits per heavy atom. The molecule has 2 aliphatic rings. The molecular formula is C19H36O3. The summed E-state index contributed by atoms with van der Waals surface area (Å²) in [6.07, 6.45) is 13.1. The molecule has 2 fully saturated rings. The van der Waals surface area contributed by atoms with Crippen LogP contribution in [0.1, 0.15) is 71.1 Å². The molecule has 0 aliphatic heterocycles. The molecule has 3 heteroatoms. The Morgan fingerprint density at radius 1 is 0.818 bits per heavy atom. The standard InChI is InChI=1S/C19H36O3/c1-18(12-7-5-4-6-8-13-18)22-16-19(14-20-2,15-21-3)17-10-9-11-17/h17H,4-16H2,1-3H3. The average molecular weight is 312 g/mol. The number of methoxy groups -OCH3 is 2. The highest BCUT2D eigenvalue weighted by atomic mass is 16.5. The van der Waals surface area contributed by atoms with Crippen LogP contribution < -0.4 is 0 Å². The van der Waals surface area contributed by atoms with E-state index in [0.717, 1.165) is 19.8 Å². The zero-order valence-corrected chi connectivity index (χ0v) is 15.0. The van der Waals surface area contributed by atoms with Crippen LogP contribution in [0.5, 0.6) is 0 Å². The molecule has 0 aromatic heterocycles. The van der Waals surface area contributed by atoms with Crippen molar-refractivity contribution < 1.29 is 14.2 Å². The first-order chi connectivity index (χ1) is 10.6. The molecule has 0 aromatic carbocycles. The van der Waals surface area contributed by atoms with E-state index in [0.29, 0.717) is 5.92 Å². The predicted octanol–water partition coefficient (Wildman–Crippen LogP) is 4.59. The fourth-order valence-corrected chi connectivity index (χ4v) is 4.19. The molecule has 0 radical (unpaired) electrons. The molecule has 3 nitrogen and oxygen atoms in total. The minimum Gasteiger partial charge on any atom is -0.384 e. The fourth-order valence-electron chi connectivity index (χ4n) is 4.19. The maximum Gasteiger partial charge on any atom is 0.0654 e. The van der Waals surface area contributed by atoms with Gasteiger partial charge >= 0.3 is 0 Å². The molecule has 0 N–H and O–H groups in total. The van der Waals surface area contributed by atoms with Gasteiger partial charge in [-0.1, -0.05) is 38.5 Å². The lowest BCUT2D eigenvalue weighted by Crippen LogP contribution is -2.48. The molecule has 0 amide bonds. The molecule has 2 saturated carbocycles. The summed E-state index contributed by atoms with van der Waals surface area (Å²) < 4.78 is 17.7. The van der Waals surface area contributed by atoms with E-state index in [9.17, 15) is 0 Å². The second kappa shape index (κ2) is 8.65. The lowest BCUT2D eigenvalue weighted by molar-refractivity contribution is -0.148. The van der Waals surface area contributed by atoms with Gasteiger partial charge in [-0.3, -0.25) is 0 Å². The van der Waals surface area contributed by atoms with Gasteiger partial charge < -0.3 is 14.2 Å². The van der Waals surface area contributed by atoms with Gasteiger partial charge in [0.15, 0.2) is 0 Å². The second-order valence-electron chi connectivity index (χ2n) is 7.86. The van der Waals surface area contributed by atoms with E-state index in [1.54, 1.807) is 14.2 Å². The summed E-state index contributed by atoms with van der Waals surface area (Å²) in [5.41, 5.74) is 0.101.